The number of rotatable bonds is 8. The van der Waals surface area contributed by atoms with E-state index in [1.54, 1.807) is 25.5 Å². The van der Waals surface area contributed by atoms with E-state index in [0.717, 1.165) is 5.75 Å². The molecule has 0 saturated heterocycles. The molecule has 0 fully saturated rings. The normalized spacial score (nSPS) is 15.9. The Morgan fingerprint density at radius 3 is 2.11 bits per heavy atom. The molecular weight excluding hydrogens is 360 g/mol. The topological polar surface area (TPSA) is 61.1 Å². The Kier molecular flexibility index (Phi) is 6.78. The third kappa shape index (κ3) is 5.37. The standard InChI is InChI=1S/C21H32O5Si/c1-15(25-17-12-10-16(23-5)11-13-17)20(19(22)18-9-8-14-24-18)26-27(6,7)21(2,3)4/h8-15,19-20,22H,1-7H3/t15-,19-,20-/m1/s1. The lowest BCUT2D eigenvalue weighted by Gasteiger charge is -2.41. The molecule has 0 amide bonds. The summed E-state index contributed by atoms with van der Waals surface area (Å²) in [5.41, 5.74) is 0. The second-order valence-corrected chi connectivity index (χ2v) is 13.1. The summed E-state index contributed by atoms with van der Waals surface area (Å²) < 4.78 is 23.2. The molecule has 0 aliphatic rings. The Morgan fingerprint density at radius 1 is 1.04 bits per heavy atom. The Balaban J connectivity index is 2.24. The third-order valence-corrected chi connectivity index (χ3v) is 9.70. The minimum atomic E-state index is -2.14. The lowest BCUT2D eigenvalue weighted by molar-refractivity contribution is -0.0440. The van der Waals surface area contributed by atoms with Gasteiger partial charge in [0.05, 0.1) is 13.4 Å². The lowest BCUT2D eigenvalue weighted by atomic mass is 10.1. The van der Waals surface area contributed by atoms with Crippen molar-refractivity contribution < 1.29 is 23.4 Å². The van der Waals surface area contributed by atoms with Crippen LogP contribution in [0.3, 0.4) is 0 Å². The summed E-state index contributed by atoms with van der Waals surface area (Å²) in [5.74, 6) is 1.93. The molecule has 0 spiro atoms. The van der Waals surface area contributed by atoms with Crippen molar-refractivity contribution in [3.05, 3.63) is 48.4 Å². The smallest absolute Gasteiger partial charge is 0.192 e. The zero-order valence-corrected chi connectivity index (χ0v) is 18.4. The van der Waals surface area contributed by atoms with E-state index in [1.165, 1.54) is 0 Å². The van der Waals surface area contributed by atoms with Gasteiger partial charge < -0.3 is 23.4 Å². The fraction of sp³-hybridized carbons (Fsp3) is 0.524. The van der Waals surface area contributed by atoms with E-state index < -0.39 is 20.5 Å². The highest BCUT2D eigenvalue weighted by Gasteiger charge is 2.43. The number of furan rings is 1. The van der Waals surface area contributed by atoms with Crippen LogP contribution in [0.4, 0.5) is 0 Å². The number of aliphatic hydroxyl groups is 1. The summed E-state index contributed by atoms with van der Waals surface area (Å²) >= 11 is 0. The molecule has 0 aliphatic heterocycles. The summed E-state index contributed by atoms with van der Waals surface area (Å²) in [6.07, 6.45) is -0.300. The van der Waals surface area contributed by atoms with Crippen molar-refractivity contribution in [3.63, 3.8) is 0 Å². The van der Waals surface area contributed by atoms with Crippen molar-refractivity contribution >= 4 is 8.32 Å². The molecule has 0 bridgehead atoms. The quantitative estimate of drug-likeness (QED) is 0.627. The number of methoxy groups -OCH3 is 1. The van der Waals surface area contributed by atoms with Gasteiger partial charge in [0.1, 0.15) is 35.6 Å². The van der Waals surface area contributed by atoms with E-state index in [2.05, 4.69) is 33.9 Å². The molecule has 0 unspecified atom stereocenters. The van der Waals surface area contributed by atoms with Crippen molar-refractivity contribution in [1.82, 2.24) is 0 Å². The van der Waals surface area contributed by atoms with Gasteiger partial charge in [-0.3, -0.25) is 0 Å². The van der Waals surface area contributed by atoms with Crippen LogP contribution in [0, 0.1) is 0 Å². The maximum Gasteiger partial charge on any atom is 0.192 e. The van der Waals surface area contributed by atoms with Gasteiger partial charge >= 0.3 is 0 Å². The number of ether oxygens (including phenoxy) is 2. The summed E-state index contributed by atoms with van der Waals surface area (Å²) in [7, 11) is -0.513. The molecule has 150 valence electrons. The number of hydrogen-bond donors (Lipinski definition) is 1. The second-order valence-electron chi connectivity index (χ2n) is 8.30. The van der Waals surface area contributed by atoms with Gasteiger partial charge in [0.25, 0.3) is 0 Å². The van der Waals surface area contributed by atoms with Crippen LogP contribution < -0.4 is 9.47 Å². The first kappa shape index (κ1) is 21.5. The number of aliphatic hydroxyl groups excluding tert-OH is 1. The Morgan fingerprint density at radius 2 is 1.63 bits per heavy atom. The van der Waals surface area contributed by atoms with Crippen LogP contribution in [0.25, 0.3) is 0 Å². The van der Waals surface area contributed by atoms with Crippen LogP contribution in [-0.4, -0.2) is 32.7 Å². The van der Waals surface area contributed by atoms with Crippen LogP contribution in [0.15, 0.2) is 47.1 Å². The summed E-state index contributed by atoms with van der Waals surface area (Å²) in [6.45, 7) is 12.7. The van der Waals surface area contributed by atoms with E-state index in [4.69, 9.17) is 18.3 Å². The van der Waals surface area contributed by atoms with Crippen LogP contribution >= 0.6 is 0 Å². The lowest BCUT2D eigenvalue weighted by Crippen LogP contribution is -2.49. The number of hydrogen-bond acceptors (Lipinski definition) is 5. The van der Waals surface area contributed by atoms with Crippen LogP contribution in [-0.2, 0) is 4.43 Å². The molecule has 2 aromatic rings. The van der Waals surface area contributed by atoms with Crippen molar-refractivity contribution in [2.75, 3.05) is 7.11 Å². The van der Waals surface area contributed by atoms with Gasteiger partial charge in [-0.15, -0.1) is 0 Å². The molecule has 1 heterocycles. The van der Waals surface area contributed by atoms with Gasteiger partial charge in [0.2, 0.25) is 0 Å². The maximum atomic E-state index is 10.9. The van der Waals surface area contributed by atoms with E-state index in [1.807, 2.05) is 31.2 Å². The first-order valence-corrected chi connectivity index (χ1v) is 12.2. The van der Waals surface area contributed by atoms with Crippen molar-refractivity contribution in [3.8, 4) is 11.5 Å². The molecule has 0 radical (unpaired) electrons. The van der Waals surface area contributed by atoms with Crippen LogP contribution in [0.5, 0.6) is 11.5 Å². The van der Waals surface area contributed by atoms with E-state index in [9.17, 15) is 5.11 Å². The first-order chi connectivity index (χ1) is 12.5. The molecule has 0 aliphatic carbocycles. The molecule has 27 heavy (non-hydrogen) atoms. The fourth-order valence-corrected chi connectivity index (χ4v) is 3.85. The average Bonchev–Trinajstić information content (AvgIpc) is 3.13. The van der Waals surface area contributed by atoms with Gasteiger partial charge in [0.15, 0.2) is 8.32 Å². The molecule has 1 aromatic carbocycles. The predicted octanol–water partition coefficient (Wildman–Crippen LogP) is 5.18. The summed E-state index contributed by atoms with van der Waals surface area (Å²) in [5, 5.41) is 10.9. The fourth-order valence-electron chi connectivity index (χ4n) is 2.49. The Hall–Kier alpha value is -1.76. The zero-order valence-electron chi connectivity index (χ0n) is 17.4. The highest BCUT2D eigenvalue weighted by molar-refractivity contribution is 6.74. The first-order valence-electron chi connectivity index (χ1n) is 9.25. The molecule has 2 rings (SSSR count). The number of benzene rings is 1. The molecule has 1 aromatic heterocycles. The molecule has 5 nitrogen and oxygen atoms in total. The van der Waals surface area contributed by atoms with Gasteiger partial charge in [0, 0.05) is 0 Å². The third-order valence-electron chi connectivity index (χ3n) is 5.23. The average molecular weight is 393 g/mol. The zero-order chi connectivity index (χ0) is 20.2. The Labute approximate surface area is 163 Å². The van der Waals surface area contributed by atoms with Gasteiger partial charge in [-0.25, -0.2) is 0 Å². The monoisotopic (exact) mass is 392 g/mol. The molecular formula is C21H32O5Si. The highest BCUT2D eigenvalue weighted by atomic mass is 28.4. The van der Waals surface area contributed by atoms with Crippen LogP contribution in [0.1, 0.15) is 39.6 Å². The highest BCUT2D eigenvalue weighted by Crippen LogP contribution is 2.39. The Bertz CT molecular complexity index is 688. The van der Waals surface area contributed by atoms with E-state index in [-0.39, 0.29) is 11.1 Å². The van der Waals surface area contributed by atoms with Gasteiger partial charge in [-0.05, 0) is 61.5 Å². The van der Waals surface area contributed by atoms with Crippen molar-refractivity contribution in [2.24, 2.45) is 0 Å². The largest absolute Gasteiger partial charge is 0.497 e. The minimum Gasteiger partial charge on any atom is -0.497 e. The molecule has 6 heteroatoms. The molecule has 3 atom stereocenters. The molecule has 1 N–H and O–H groups in total. The van der Waals surface area contributed by atoms with E-state index >= 15 is 0 Å². The second kappa shape index (κ2) is 8.50. The van der Waals surface area contributed by atoms with E-state index in [0.29, 0.717) is 11.5 Å². The maximum absolute atomic E-state index is 10.9. The summed E-state index contributed by atoms with van der Waals surface area (Å²) in [6, 6.07) is 10.9. The van der Waals surface area contributed by atoms with Crippen molar-refractivity contribution in [1.29, 1.82) is 0 Å². The van der Waals surface area contributed by atoms with Crippen LogP contribution in [0.2, 0.25) is 18.1 Å². The molecule has 0 saturated carbocycles. The predicted molar refractivity (Wildman–Crippen MR) is 109 cm³/mol. The van der Waals surface area contributed by atoms with Gasteiger partial charge in [-0.1, -0.05) is 20.8 Å². The summed E-state index contributed by atoms with van der Waals surface area (Å²) in [4.78, 5) is 0. The SMILES string of the molecule is COc1ccc(O[C@H](C)[C@@H](O[Si](C)(C)C(C)(C)C)[C@H](O)c2ccco2)cc1. The van der Waals surface area contributed by atoms with Crippen molar-refractivity contribution in [2.45, 2.75) is 64.1 Å². The van der Waals surface area contributed by atoms with Gasteiger partial charge in [-0.2, -0.15) is 0 Å². The minimum absolute atomic E-state index is 0.00790.